The predicted molar refractivity (Wildman–Crippen MR) is 125 cm³/mol. The van der Waals surface area contributed by atoms with Gasteiger partial charge in [0.2, 0.25) is 0 Å². The highest BCUT2D eigenvalue weighted by atomic mass is 19.1. The third kappa shape index (κ3) is 7.58. The number of nitrogens with zero attached hydrogens (tertiary/aromatic N) is 3. The first kappa shape index (κ1) is 24.2. The molecule has 0 spiro atoms. The van der Waals surface area contributed by atoms with Crippen LogP contribution in [0.5, 0.6) is 5.75 Å². The number of nitriles is 1. The van der Waals surface area contributed by atoms with Gasteiger partial charge in [-0.1, -0.05) is 45.4 Å². The molecule has 0 aliphatic heterocycles. The van der Waals surface area contributed by atoms with Crippen molar-refractivity contribution in [1.29, 1.82) is 5.26 Å². The van der Waals surface area contributed by atoms with Crippen molar-refractivity contribution >= 4 is 0 Å². The van der Waals surface area contributed by atoms with Gasteiger partial charge in [-0.05, 0) is 68.2 Å². The summed E-state index contributed by atoms with van der Waals surface area (Å²) in [6.45, 7) is 2.76. The lowest BCUT2D eigenvalue weighted by atomic mass is 9.82. The van der Waals surface area contributed by atoms with Crippen molar-refractivity contribution in [2.45, 2.75) is 89.9 Å². The second kappa shape index (κ2) is 13.2. The Labute approximate surface area is 192 Å². The molecule has 0 amide bonds. The van der Waals surface area contributed by atoms with Gasteiger partial charge in [-0.3, -0.25) is 0 Å². The molecule has 172 valence electrons. The van der Waals surface area contributed by atoms with Crippen LogP contribution in [0.25, 0.3) is 0 Å². The maximum atomic E-state index is 14.0. The maximum absolute atomic E-state index is 14.0. The van der Waals surface area contributed by atoms with E-state index in [2.05, 4.69) is 16.9 Å². The molecule has 0 radical (unpaired) electrons. The Morgan fingerprint density at radius 2 is 1.69 bits per heavy atom. The van der Waals surface area contributed by atoms with Crippen molar-refractivity contribution in [2.75, 3.05) is 6.61 Å². The van der Waals surface area contributed by atoms with Crippen LogP contribution in [-0.2, 0) is 6.42 Å². The number of halogens is 1. The zero-order valence-corrected chi connectivity index (χ0v) is 19.4. The highest BCUT2D eigenvalue weighted by molar-refractivity contribution is 5.36. The molecule has 1 aromatic heterocycles. The summed E-state index contributed by atoms with van der Waals surface area (Å²) in [5.41, 5.74) is 1.55. The second-order valence-corrected chi connectivity index (χ2v) is 9.11. The first-order valence-electron chi connectivity index (χ1n) is 12.3. The van der Waals surface area contributed by atoms with Crippen LogP contribution < -0.4 is 4.74 Å². The lowest BCUT2D eigenvalue weighted by Gasteiger charge is -2.27. The third-order valence-electron chi connectivity index (χ3n) is 6.54. The van der Waals surface area contributed by atoms with Gasteiger partial charge >= 0.3 is 0 Å². The van der Waals surface area contributed by atoms with Gasteiger partial charge in [0, 0.05) is 18.3 Å². The highest BCUT2D eigenvalue weighted by Crippen LogP contribution is 2.34. The van der Waals surface area contributed by atoms with Crippen molar-refractivity contribution in [3.05, 3.63) is 53.4 Å². The van der Waals surface area contributed by atoms with Crippen molar-refractivity contribution in [1.82, 2.24) is 9.97 Å². The Bertz CT molecular complexity index is 854. The highest BCUT2D eigenvalue weighted by Gasteiger charge is 2.25. The molecule has 0 bridgehead atoms. The number of hydrogen-bond donors (Lipinski definition) is 0. The zero-order valence-electron chi connectivity index (χ0n) is 19.4. The molecule has 1 aliphatic rings. The number of aromatic nitrogens is 2. The molecule has 2 aromatic rings. The summed E-state index contributed by atoms with van der Waals surface area (Å²) in [5, 5.41) is 8.83. The molecule has 1 saturated carbocycles. The molecule has 0 atom stereocenters. The van der Waals surface area contributed by atoms with Crippen LogP contribution in [0.2, 0.25) is 0 Å². The van der Waals surface area contributed by atoms with Gasteiger partial charge in [0.05, 0.1) is 18.2 Å². The summed E-state index contributed by atoms with van der Waals surface area (Å²) in [6.07, 6.45) is 18.5. The molecule has 0 saturated heterocycles. The molecule has 1 fully saturated rings. The Balaban J connectivity index is 1.35. The van der Waals surface area contributed by atoms with Gasteiger partial charge in [-0.25, -0.2) is 14.4 Å². The predicted octanol–water partition coefficient (Wildman–Crippen LogP) is 7.13. The van der Waals surface area contributed by atoms with E-state index >= 15 is 0 Å². The van der Waals surface area contributed by atoms with Crippen molar-refractivity contribution in [2.24, 2.45) is 5.92 Å². The standard InChI is InChI=1S/C27H36FN3O/c1-2-3-4-5-6-7-8-9-23-18-30-27(31-19-23)24-13-10-21(11-14-24)20-32-26-15-12-22(17-29)16-25(26)28/h12,15-16,18-19,21,24H,2-11,13-14,20H2,1H3. The van der Waals surface area contributed by atoms with Gasteiger partial charge in [-0.2, -0.15) is 5.26 Å². The lowest BCUT2D eigenvalue weighted by Crippen LogP contribution is -2.20. The Kier molecular flexibility index (Phi) is 9.94. The van der Waals surface area contributed by atoms with Gasteiger partial charge < -0.3 is 4.74 Å². The molecule has 1 aromatic carbocycles. The van der Waals surface area contributed by atoms with Crippen molar-refractivity contribution in [3.63, 3.8) is 0 Å². The van der Waals surface area contributed by atoms with E-state index in [4.69, 9.17) is 10.00 Å². The fourth-order valence-electron chi connectivity index (χ4n) is 4.47. The molecule has 0 N–H and O–H groups in total. The Morgan fingerprint density at radius 3 is 2.34 bits per heavy atom. The monoisotopic (exact) mass is 437 g/mol. The smallest absolute Gasteiger partial charge is 0.166 e. The minimum atomic E-state index is -0.470. The van der Waals surface area contributed by atoms with Crippen LogP contribution in [-0.4, -0.2) is 16.6 Å². The number of unbranched alkanes of at least 4 members (excludes halogenated alkanes) is 6. The van der Waals surface area contributed by atoms with Gasteiger partial charge in [-0.15, -0.1) is 0 Å². The molecule has 32 heavy (non-hydrogen) atoms. The zero-order chi connectivity index (χ0) is 22.6. The summed E-state index contributed by atoms with van der Waals surface area (Å²) < 4.78 is 19.7. The van der Waals surface area contributed by atoms with E-state index in [0.29, 0.717) is 24.0 Å². The molecular weight excluding hydrogens is 401 g/mol. The number of rotatable bonds is 12. The molecular formula is C27H36FN3O. The minimum absolute atomic E-state index is 0.228. The summed E-state index contributed by atoms with van der Waals surface area (Å²) in [7, 11) is 0. The molecule has 0 unspecified atom stereocenters. The van der Waals surface area contributed by atoms with E-state index in [1.165, 1.54) is 56.6 Å². The first-order chi connectivity index (χ1) is 15.7. The van der Waals surface area contributed by atoms with E-state index in [1.807, 2.05) is 18.5 Å². The number of benzene rings is 1. The number of hydrogen-bond acceptors (Lipinski definition) is 4. The molecule has 1 aliphatic carbocycles. The summed E-state index contributed by atoms with van der Waals surface area (Å²) in [4.78, 5) is 9.34. The van der Waals surface area contributed by atoms with Crippen LogP contribution in [0.15, 0.2) is 30.6 Å². The molecule has 3 rings (SSSR count). The minimum Gasteiger partial charge on any atom is -0.490 e. The quantitative estimate of drug-likeness (QED) is 0.331. The van der Waals surface area contributed by atoms with Crippen LogP contribution in [0.3, 0.4) is 0 Å². The Morgan fingerprint density at radius 1 is 1.00 bits per heavy atom. The van der Waals surface area contributed by atoms with Gasteiger partial charge in [0.1, 0.15) is 5.82 Å². The maximum Gasteiger partial charge on any atom is 0.166 e. The largest absolute Gasteiger partial charge is 0.490 e. The van der Waals surface area contributed by atoms with Crippen LogP contribution in [0, 0.1) is 23.1 Å². The van der Waals surface area contributed by atoms with E-state index in [-0.39, 0.29) is 5.75 Å². The SMILES string of the molecule is CCCCCCCCCc1cnc(C2CCC(COc3ccc(C#N)cc3F)CC2)nc1. The summed E-state index contributed by atoms with van der Waals surface area (Å²) in [6, 6.07) is 6.29. The topological polar surface area (TPSA) is 58.8 Å². The Hall–Kier alpha value is -2.48. The molecule has 4 nitrogen and oxygen atoms in total. The van der Waals surface area contributed by atoms with E-state index in [9.17, 15) is 4.39 Å². The number of ether oxygens (including phenoxy) is 1. The van der Waals surface area contributed by atoms with E-state index in [0.717, 1.165) is 37.9 Å². The fourth-order valence-corrected chi connectivity index (χ4v) is 4.47. The van der Waals surface area contributed by atoms with Crippen molar-refractivity contribution in [3.8, 4) is 11.8 Å². The molecule has 5 heteroatoms. The van der Waals surface area contributed by atoms with Gasteiger partial charge in [0.15, 0.2) is 11.6 Å². The first-order valence-corrected chi connectivity index (χ1v) is 12.3. The van der Waals surface area contributed by atoms with Crippen molar-refractivity contribution < 1.29 is 9.13 Å². The van der Waals surface area contributed by atoms with Crippen LogP contribution in [0.4, 0.5) is 4.39 Å². The summed E-state index contributed by atoms with van der Waals surface area (Å²) in [5.74, 6) is 1.54. The lowest BCUT2D eigenvalue weighted by molar-refractivity contribution is 0.192. The van der Waals surface area contributed by atoms with Crippen LogP contribution >= 0.6 is 0 Å². The summed E-state index contributed by atoms with van der Waals surface area (Å²) >= 11 is 0. The number of aryl methyl sites for hydroxylation is 1. The fraction of sp³-hybridized carbons (Fsp3) is 0.593. The van der Waals surface area contributed by atoms with Crippen LogP contribution in [0.1, 0.15) is 100 Å². The molecule has 1 heterocycles. The third-order valence-corrected chi connectivity index (χ3v) is 6.54. The van der Waals surface area contributed by atoms with E-state index < -0.39 is 5.82 Å². The average molecular weight is 438 g/mol. The van der Waals surface area contributed by atoms with E-state index in [1.54, 1.807) is 12.1 Å². The van der Waals surface area contributed by atoms with Gasteiger partial charge in [0.25, 0.3) is 0 Å². The average Bonchev–Trinajstić information content (AvgIpc) is 2.83. The second-order valence-electron chi connectivity index (χ2n) is 9.11. The normalized spacial score (nSPS) is 18.3.